The number of carbonyl (C=O) groups is 1. The largest absolute Gasteiger partial charge is 0.368 e. The van der Waals surface area contributed by atoms with Crippen LogP contribution in [0.25, 0.3) is 0 Å². The zero-order valence-electron chi connectivity index (χ0n) is 9.89. The molecule has 0 saturated heterocycles. The summed E-state index contributed by atoms with van der Waals surface area (Å²) in [4.78, 5) is 15.6. The highest BCUT2D eigenvalue weighted by atomic mass is 35.5. The van der Waals surface area contributed by atoms with E-state index in [9.17, 15) is 4.79 Å². The first-order chi connectivity index (χ1) is 9.13. The number of nitrogen functional groups attached to an aromatic ring is 1. The van der Waals surface area contributed by atoms with Crippen molar-refractivity contribution in [3.63, 3.8) is 0 Å². The summed E-state index contributed by atoms with van der Waals surface area (Å²) in [5.74, 6) is 0.758. The number of anilines is 2. The van der Waals surface area contributed by atoms with Gasteiger partial charge in [0.1, 0.15) is 0 Å². The molecule has 0 spiro atoms. The van der Waals surface area contributed by atoms with Gasteiger partial charge in [0, 0.05) is 22.9 Å². The molecule has 1 amide bonds. The number of halogens is 1. The molecule has 100 valence electrons. The predicted molar refractivity (Wildman–Crippen MR) is 76.2 cm³/mol. The maximum atomic E-state index is 11.7. The number of nitrogens with one attached hydrogen (secondary N) is 2. The summed E-state index contributed by atoms with van der Waals surface area (Å²) in [6.07, 6.45) is 0.353. The van der Waals surface area contributed by atoms with Gasteiger partial charge < -0.3 is 11.1 Å². The third kappa shape index (κ3) is 4.46. The molecule has 4 N–H and O–H groups in total. The number of nitrogens with zero attached hydrogens (tertiary/aromatic N) is 2. The Morgan fingerprint density at radius 1 is 1.53 bits per heavy atom. The molecule has 2 aromatic rings. The highest BCUT2D eigenvalue weighted by Crippen LogP contribution is 2.17. The molecule has 0 fully saturated rings. The van der Waals surface area contributed by atoms with Crippen LogP contribution in [0.1, 0.15) is 6.42 Å². The van der Waals surface area contributed by atoms with E-state index in [2.05, 4.69) is 20.5 Å². The first-order valence-corrected chi connectivity index (χ1v) is 6.86. The Morgan fingerprint density at radius 3 is 3.05 bits per heavy atom. The Hall–Kier alpha value is -1.73. The van der Waals surface area contributed by atoms with Crippen LogP contribution in [0.3, 0.4) is 0 Å². The fraction of sp³-hybridized carbons (Fsp3) is 0.182. The minimum atomic E-state index is -0.0849. The maximum Gasteiger partial charge on any atom is 0.225 e. The number of rotatable bonds is 5. The van der Waals surface area contributed by atoms with Crippen molar-refractivity contribution in [2.24, 2.45) is 0 Å². The molecule has 19 heavy (non-hydrogen) atoms. The average Bonchev–Trinajstić information content (AvgIpc) is 2.75. The van der Waals surface area contributed by atoms with E-state index in [4.69, 9.17) is 17.3 Å². The number of amides is 1. The van der Waals surface area contributed by atoms with Crippen LogP contribution < -0.4 is 11.1 Å². The summed E-state index contributed by atoms with van der Waals surface area (Å²) in [5.41, 5.74) is 6.08. The van der Waals surface area contributed by atoms with Crippen molar-refractivity contribution in [1.82, 2.24) is 15.2 Å². The fourth-order valence-corrected chi connectivity index (χ4v) is 2.28. The van der Waals surface area contributed by atoms with Crippen molar-refractivity contribution in [3.8, 4) is 0 Å². The molecule has 6 nitrogen and oxygen atoms in total. The van der Waals surface area contributed by atoms with Crippen LogP contribution in [-0.2, 0) is 4.79 Å². The van der Waals surface area contributed by atoms with Crippen LogP contribution >= 0.6 is 23.4 Å². The number of aromatic amines is 1. The van der Waals surface area contributed by atoms with Crippen LogP contribution in [0.5, 0.6) is 0 Å². The smallest absolute Gasteiger partial charge is 0.225 e. The Kier molecular flexibility index (Phi) is 4.64. The lowest BCUT2D eigenvalue weighted by atomic mass is 10.3. The minimum absolute atomic E-state index is 0.0849. The summed E-state index contributed by atoms with van der Waals surface area (Å²) < 4.78 is 0. The van der Waals surface area contributed by atoms with Crippen LogP contribution in [0.4, 0.5) is 11.6 Å². The zero-order chi connectivity index (χ0) is 13.7. The first kappa shape index (κ1) is 13.7. The standard InChI is InChI=1S/C11H12ClN5OS/c12-7-2-1-3-8(6-7)14-9(18)4-5-19-11-15-10(13)16-17-11/h1-3,6H,4-5H2,(H,14,18)(H3,13,15,16,17). The van der Waals surface area contributed by atoms with Gasteiger partial charge in [0.2, 0.25) is 17.0 Å². The Bertz CT molecular complexity index is 574. The lowest BCUT2D eigenvalue weighted by molar-refractivity contribution is -0.115. The highest BCUT2D eigenvalue weighted by molar-refractivity contribution is 7.99. The van der Waals surface area contributed by atoms with Crippen LogP contribution in [0, 0.1) is 0 Å². The number of aromatic nitrogens is 3. The molecule has 8 heteroatoms. The molecule has 0 unspecified atom stereocenters. The maximum absolute atomic E-state index is 11.7. The second-order valence-electron chi connectivity index (χ2n) is 3.66. The van der Waals surface area contributed by atoms with Gasteiger partial charge in [0.15, 0.2) is 0 Å². The van der Waals surface area contributed by atoms with Crippen molar-refractivity contribution in [3.05, 3.63) is 29.3 Å². The molecule has 0 atom stereocenters. The van der Waals surface area contributed by atoms with Crippen molar-refractivity contribution in [2.75, 3.05) is 16.8 Å². The molecule has 0 radical (unpaired) electrons. The Labute approximate surface area is 119 Å². The molecule has 1 heterocycles. The lowest BCUT2D eigenvalue weighted by Gasteiger charge is -2.04. The first-order valence-electron chi connectivity index (χ1n) is 5.49. The van der Waals surface area contributed by atoms with Gasteiger partial charge in [0.25, 0.3) is 0 Å². The van der Waals surface area contributed by atoms with E-state index in [0.29, 0.717) is 28.0 Å². The number of hydrogen-bond acceptors (Lipinski definition) is 5. The van der Waals surface area contributed by atoms with Gasteiger partial charge in [-0.1, -0.05) is 29.4 Å². The monoisotopic (exact) mass is 297 g/mol. The molecule has 0 saturated carbocycles. The summed E-state index contributed by atoms with van der Waals surface area (Å²) in [7, 11) is 0. The van der Waals surface area contributed by atoms with Gasteiger partial charge >= 0.3 is 0 Å². The second-order valence-corrected chi connectivity index (χ2v) is 5.16. The molecule has 0 aliphatic carbocycles. The minimum Gasteiger partial charge on any atom is -0.368 e. The topological polar surface area (TPSA) is 96.7 Å². The molecule has 2 rings (SSSR count). The van der Waals surface area contributed by atoms with Crippen LogP contribution in [-0.4, -0.2) is 26.8 Å². The molecule has 0 bridgehead atoms. The van der Waals surface area contributed by atoms with E-state index < -0.39 is 0 Å². The SMILES string of the molecule is Nc1nc(SCCC(=O)Nc2cccc(Cl)c2)n[nH]1. The molecule has 1 aromatic carbocycles. The van der Waals surface area contributed by atoms with E-state index in [1.54, 1.807) is 24.3 Å². The van der Waals surface area contributed by atoms with Gasteiger partial charge in [-0.2, -0.15) is 4.98 Å². The van der Waals surface area contributed by atoms with Gasteiger partial charge in [-0.05, 0) is 18.2 Å². The summed E-state index contributed by atoms with van der Waals surface area (Å²) in [6, 6.07) is 7.01. The van der Waals surface area contributed by atoms with Crippen molar-refractivity contribution in [1.29, 1.82) is 0 Å². The molecular weight excluding hydrogens is 286 g/mol. The number of H-pyrrole nitrogens is 1. The summed E-state index contributed by atoms with van der Waals surface area (Å²) >= 11 is 7.19. The lowest BCUT2D eigenvalue weighted by Crippen LogP contribution is -2.12. The van der Waals surface area contributed by atoms with E-state index >= 15 is 0 Å². The molecular formula is C11H12ClN5OS. The van der Waals surface area contributed by atoms with Gasteiger partial charge in [-0.3, -0.25) is 4.79 Å². The number of nitrogens with two attached hydrogens (primary N) is 1. The van der Waals surface area contributed by atoms with Gasteiger partial charge in [-0.15, -0.1) is 5.10 Å². The van der Waals surface area contributed by atoms with Crippen molar-refractivity contribution in [2.45, 2.75) is 11.6 Å². The van der Waals surface area contributed by atoms with Gasteiger partial charge in [0.05, 0.1) is 0 Å². The normalized spacial score (nSPS) is 10.4. The quantitative estimate of drug-likeness (QED) is 0.735. The summed E-state index contributed by atoms with van der Waals surface area (Å²) in [6.45, 7) is 0. The molecule has 1 aromatic heterocycles. The third-order valence-corrected chi connectivity index (χ3v) is 3.23. The number of hydrogen-bond donors (Lipinski definition) is 3. The molecule has 0 aliphatic rings. The second kappa shape index (κ2) is 6.44. The number of benzene rings is 1. The average molecular weight is 298 g/mol. The van der Waals surface area contributed by atoms with Crippen LogP contribution in [0.2, 0.25) is 5.02 Å². The predicted octanol–water partition coefficient (Wildman–Crippen LogP) is 2.16. The Morgan fingerprint density at radius 2 is 2.37 bits per heavy atom. The van der Waals surface area contributed by atoms with E-state index in [0.717, 1.165) is 0 Å². The number of thioether (sulfide) groups is 1. The van der Waals surface area contributed by atoms with E-state index in [1.165, 1.54) is 11.8 Å². The summed E-state index contributed by atoms with van der Waals surface area (Å²) in [5, 5.41) is 10.3. The van der Waals surface area contributed by atoms with E-state index in [-0.39, 0.29) is 11.9 Å². The Balaban J connectivity index is 1.76. The van der Waals surface area contributed by atoms with Crippen molar-refractivity contribution >= 4 is 40.9 Å². The number of carbonyl (C=O) groups excluding carboxylic acids is 1. The van der Waals surface area contributed by atoms with Crippen LogP contribution in [0.15, 0.2) is 29.4 Å². The molecule has 0 aliphatic heterocycles. The third-order valence-electron chi connectivity index (χ3n) is 2.15. The zero-order valence-corrected chi connectivity index (χ0v) is 11.5. The fourth-order valence-electron chi connectivity index (χ4n) is 1.35. The van der Waals surface area contributed by atoms with Gasteiger partial charge in [-0.25, -0.2) is 5.10 Å². The van der Waals surface area contributed by atoms with Crippen molar-refractivity contribution < 1.29 is 4.79 Å². The highest BCUT2D eigenvalue weighted by Gasteiger charge is 2.05. The van der Waals surface area contributed by atoms with E-state index in [1.807, 2.05) is 0 Å².